The van der Waals surface area contributed by atoms with Crippen LogP contribution in [0.1, 0.15) is 20.3 Å². The van der Waals surface area contributed by atoms with E-state index in [4.69, 9.17) is 5.11 Å². The van der Waals surface area contributed by atoms with E-state index in [0.717, 1.165) is 0 Å². The minimum absolute atomic E-state index is 0.0216. The van der Waals surface area contributed by atoms with Gasteiger partial charge in [0.2, 0.25) is 5.91 Å². The largest absolute Gasteiger partial charge is 0.480 e. The summed E-state index contributed by atoms with van der Waals surface area (Å²) >= 11 is 1.38. The molecule has 1 atom stereocenters. The number of fused-ring (bicyclic) bond motifs is 1. The molecule has 2 aromatic heterocycles. The Balaban J connectivity index is 2.02. The number of aryl methyl sites for hydroxylation is 1. The third-order valence-corrected chi connectivity index (χ3v) is 4.10. The standard InChI is InChI=1S/C14H17N3O4S/c1-8(2)11(14(20)21)16-10(18)3-5-17-7-15-12-9(13(17)19)4-6-22-12/h4,6-8,11H,3,5H2,1-2H3,(H,16,18)(H,20,21). The molecule has 8 heteroatoms. The van der Waals surface area contributed by atoms with Crippen LogP contribution >= 0.6 is 11.3 Å². The van der Waals surface area contributed by atoms with Gasteiger partial charge < -0.3 is 10.4 Å². The number of carbonyl (C=O) groups excluding carboxylic acids is 1. The second-order valence-corrected chi connectivity index (χ2v) is 6.15. The van der Waals surface area contributed by atoms with Crippen molar-refractivity contribution in [3.63, 3.8) is 0 Å². The normalized spacial score (nSPS) is 12.5. The lowest BCUT2D eigenvalue weighted by atomic mass is 10.0. The van der Waals surface area contributed by atoms with Gasteiger partial charge in [-0.1, -0.05) is 13.8 Å². The van der Waals surface area contributed by atoms with E-state index in [1.807, 2.05) is 0 Å². The smallest absolute Gasteiger partial charge is 0.326 e. The average Bonchev–Trinajstić information content (AvgIpc) is 2.92. The lowest BCUT2D eigenvalue weighted by Gasteiger charge is -2.17. The van der Waals surface area contributed by atoms with Crippen LogP contribution < -0.4 is 10.9 Å². The van der Waals surface area contributed by atoms with E-state index < -0.39 is 17.9 Å². The molecule has 0 aliphatic heterocycles. The highest BCUT2D eigenvalue weighted by Crippen LogP contribution is 2.13. The predicted octanol–water partition coefficient (Wildman–Crippen LogP) is 1.07. The summed E-state index contributed by atoms with van der Waals surface area (Å²) in [5.74, 6) is -1.69. The Kier molecular flexibility index (Phi) is 4.92. The fraction of sp³-hybridized carbons (Fsp3) is 0.429. The predicted molar refractivity (Wildman–Crippen MR) is 82.9 cm³/mol. The van der Waals surface area contributed by atoms with Gasteiger partial charge in [-0.25, -0.2) is 9.78 Å². The van der Waals surface area contributed by atoms with Gasteiger partial charge in [-0.05, 0) is 17.4 Å². The molecular formula is C14H17N3O4S. The maximum absolute atomic E-state index is 12.1. The van der Waals surface area contributed by atoms with E-state index in [1.165, 1.54) is 22.2 Å². The van der Waals surface area contributed by atoms with Crippen molar-refractivity contribution in [1.82, 2.24) is 14.9 Å². The van der Waals surface area contributed by atoms with Gasteiger partial charge in [0, 0.05) is 13.0 Å². The van der Waals surface area contributed by atoms with Gasteiger partial charge in [0.25, 0.3) is 5.56 Å². The third kappa shape index (κ3) is 3.51. The Hall–Kier alpha value is -2.22. The van der Waals surface area contributed by atoms with Gasteiger partial charge in [0.1, 0.15) is 10.9 Å². The number of carbonyl (C=O) groups is 2. The van der Waals surface area contributed by atoms with Gasteiger partial charge in [0.05, 0.1) is 11.7 Å². The van der Waals surface area contributed by atoms with Crippen molar-refractivity contribution in [1.29, 1.82) is 0 Å². The van der Waals surface area contributed by atoms with Crippen LogP contribution in [0.2, 0.25) is 0 Å². The summed E-state index contributed by atoms with van der Waals surface area (Å²) in [7, 11) is 0. The average molecular weight is 323 g/mol. The molecule has 0 spiro atoms. The number of aromatic nitrogens is 2. The molecule has 1 unspecified atom stereocenters. The third-order valence-electron chi connectivity index (χ3n) is 3.28. The first-order valence-electron chi connectivity index (χ1n) is 6.85. The monoisotopic (exact) mass is 323 g/mol. The van der Waals surface area contributed by atoms with E-state index in [1.54, 1.807) is 25.3 Å². The van der Waals surface area contributed by atoms with Crippen LogP contribution in [0.5, 0.6) is 0 Å². The van der Waals surface area contributed by atoms with Crippen LogP contribution in [0.25, 0.3) is 10.2 Å². The Morgan fingerprint density at radius 3 is 2.82 bits per heavy atom. The first-order valence-corrected chi connectivity index (χ1v) is 7.73. The van der Waals surface area contributed by atoms with E-state index in [2.05, 4.69) is 10.3 Å². The number of hydrogen-bond acceptors (Lipinski definition) is 5. The van der Waals surface area contributed by atoms with Gasteiger partial charge in [-0.15, -0.1) is 11.3 Å². The summed E-state index contributed by atoms with van der Waals surface area (Å²) in [6, 6.07) is 0.771. The van der Waals surface area contributed by atoms with Crippen molar-refractivity contribution in [3.05, 3.63) is 28.1 Å². The molecular weight excluding hydrogens is 306 g/mol. The summed E-state index contributed by atoms with van der Waals surface area (Å²) in [6.07, 6.45) is 1.43. The second kappa shape index (κ2) is 6.69. The number of nitrogens with one attached hydrogen (secondary N) is 1. The van der Waals surface area contributed by atoms with Crippen molar-refractivity contribution in [3.8, 4) is 0 Å². The molecule has 0 fully saturated rings. The van der Waals surface area contributed by atoms with E-state index in [-0.39, 0.29) is 24.4 Å². The Labute approximate surface area is 130 Å². The lowest BCUT2D eigenvalue weighted by molar-refractivity contribution is -0.143. The van der Waals surface area contributed by atoms with Gasteiger partial charge in [-0.2, -0.15) is 0 Å². The molecule has 0 saturated carbocycles. The molecule has 2 aromatic rings. The topological polar surface area (TPSA) is 101 Å². The van der Waals surface area contributed by atoms with Gasteiger partial charge >= 0.3 is 5.97 Å². The Bertz CT molecular complexity index is 750. The molecule has 22 heavy (non-hydrogen) atoms. The number of amides is 1. The molecule has 118 valence electrons. The fourth-order valence-corrected chi connectivity index (χ4v) is 2.76. The molecule has 7 nitrogen and oxygen atoms in total. The zero-order valence-electron chi connectivity index (χ0n) is 12.3. The Morgan fingerprint density at radius 2 is 2.18 bits per heavy atom. The summed E-state index contributed by atoms with van der Waals surface area (Å²) in [6.45, 7) is 3.60. The number of carboxylic acid groups (broad SMARTS) is 1. The minimum atomic E-state index is -1.07. The van der Waals surface area contributed by atoms with Crippen LogP contribution in [0.15, 0.2) is 22.6 Å². The van der Waals surface area contributed by atoms with Crippen molar-refractivity contribution in [2.75, 3.05) is 0 Å². The minimum Gasteiger partial charge on any atom is -0.480 e. The molecule has 0 saturated heterocycles. The fourth-order valence-electron chi connectivity index (χ4n) is 2.03. The maximum Gasteiger partial charge on any atom is 0.326 e. The Morgan fingerprint density at radius 1 is 1.45 bits per heavy atom. The molecule has 2 heterocycles. The zero-order chi connectivity index (χ0) is 16.3. The number of hydrogen-bond donors (Lipinski definition) is 2. The first-order chi connectivity index (χ1) is 10.4. The summed E-state index contributed by atoms with van der Waals surface area (Å²) < 4.78 is 1.36. The number of rotatable bonds is 6. The number of thiophene rings is 1. The van der Waals surface area contributed by atoms with E-state index >= 15 is 0 Å². The highest BCUT2D eigenvalue weighted by atomic mass is 32.1. The second-order valence-electron chi connectivity index (χ2n) is 5.26. The molecule has 0 aromatic carbocycles. The molecule has 0 bridgehead atoms. The lowest BCUT2D eigenvalue weighted by Crippen LogP contribution is -2.44. The van der Waals surface area contributed by atoms with Crippen LogP contribution in [0, 0.1) is 5.92 Å². The van der Waals surface area contributed by atoms with Gasteiger partial charge in [0.15, 0.2) is 0 Å². The van der Waals surface area contributed by atoms with Crippen molar-refractivity contribution in [2.24, 2.45) is 5.92 Å². The van der Waals surface area contributed by atoms with E-state index in [9.17, 15) is 14.4 Å². The molecule has 2 rings (SSSR count). The van der Waals surface area contributed by atoms with Gasteiger partial charge in [-0.3, -0.25) is 14.2 Å². The quantitative estimate of drug-likeness (QED) is 0.828. The summed E-state index contributed by atoms with van der Waals surface area (Å²) in [5, 5.41) is 13.8. The molecule has 0 radical (unpaired) electrons. The van der Waals surface area contributed by atoms with Crippen LogP contribution in [0.4, 0.5) is 0 Å². The maximum atomic E-state index is 12.1. The van der Waals surface area contributed by atoms with Crippen molar-refractivity contribution < 1.29 is 14.7 Å². The zero-order valence-corrected chi connectivity index (χ0v) is 13.1. The van der Waals surface area contributed by atoms with Crippen LogP contribution in [0.3, 0.4) is 0 Å². The number of aliphatic carboxylic acids is 1. The van der Waals surface area contributed by atoms with Crippen molar-refractivity contribution in [2.45, 2.75) is 32.9 Å². The number of nitrogens with zero attached hydrogens (tertiary/aromatic N) is 2. The highest BCUT2D eigenvalue weighted by molar-refractivity contribution is 7.16. The number of carboxylic acids is 1. The van der Waals surface area contributed by atoms with Crippen molar-refractivity contribution >= 4 is 33.4 Å². The molecule has 0 aliphatic carbocycles. The molecule has 1 amide bonds. The highest BCUT2D eigenvalue weighted by Gasteiger charge is 2.23. The summed E-state index contributed by atoms with van der Waals surface area (Å²) in [5.41, 5.74) is -0.197. The first kappa shape index (κ1) is 16.2. The molecule has 0 aliphatic rings. The van der Waals surface area contributed by atoms with E-state index in [0.29, 0.717) is 10.2 Å². The molecule has 2 N–H and O–H groups in total. The summed E-state index contributed by atoms with van der Waals surface area (Å²) in [4.78, 5) is 39.9. The van der Waals surface area contributed by atoms with Crippen LogP contribution in [-0.2, 0) is 16.1 Å². The van der Waals surface area contributed by atoms with Crippen LogP contribution in [-0.4, -0.2) is 32.6 Å². The SMILES string of the molecule is CC(C)C(NC(=O)CCn1cnc2sccc2c1=O)C(=O)O.